The molecule has 0 aliphatic heterocycles. The van der Waals surface area contributed by atoms with Gasteiger partial charge in [0.2, 0.25) is 0 Å². The Morgan fingerprint density at radius 2 is 1.85 bits per heavy atom. The summed E-state index contributed by atoms with van der Waals surface area (Å²) in [6, 6.07) is 4.37. The Morgan fingerprint density at radius 3 is 2.23 bits per heavy atom. The number of halogens is 3. The molecule has 1 rings (SSSR count). The van der Waals surface area contributed by atoms with E-state index >= 15 is 0 Å². The van der Waals surface area contributed by atoms with Crippen molar-refractivity contribution in [3.63, 3.8) is 0 Å². The Morgan fingerprint density at radius 1 is 1.38 bits per heavy atom. The zero-order valence-corrected chi connectivity index (χ0v) is 11.7. The van der Waals surface area contributed by atoms with Crippen LogP contribution in [-0.4, -0.2) is 6.61 Å². The average molecular weight is 302 g/mol. The molecule has 0 aliphatic carbocycles. The summed E-state index contributed by atoms with van der Waals surface area (Å²) in [4.78, 5) is 0. The Hall–Kier alpha value is -0.0166. The molecule has 0 saturated heterocycles. The van der Waals surface area contributed by atoms with Crippen molar-refractivity contribution in [3.8, 4) is 5.75 Å². The summed E-state index contributed by atoms with van der Waals surface area (Å²) in [5, 5.41) is 0. The van der Waals surface area contributed by atoms with Gasteiger partial charge in [0, 0.05) is 0 Å². The molecule has 0 heterocycles. The van der Waals surface area contributed by atoms with Gasteiger partial charge in [-0.2, -0.15) is 6.07 Å². The first-order chi connectivity index (χ1) is 6.25. The van der Waals surface area contributed by atoms with Crippen LogP contribution in [0.3, 0.4) is 0 Å². The first-order valence-corrected chi connectivity index (χ1v) is 10.4. The molecule has 0 amide bonds. The maximum absolute atomic E-state index is 12.6. The van der Waals surface area contributed by atoms with Gasteiger partial charge in [-0.1, -0.05) is 0 Å². The Bertz CT molecular complexity index is 238. The summed E-state index contributed by atoms with van der Waals surface area (Å²) < 4.78 is 30.0. The normalized spacial score (nSPS) is 8.77. The van der Waals surface area contributed by atoms with Crippen molar-refractivity contribution in [1.29, 1.82) is 0 Å². The summed E-state index contributed by atoms with van der Waals surface area (Å²) in [6.45, 7) is 1.91. The van der Waals surface area contributed by atoms with Gasteiger partial charge in [0.15, 0.2) is 0 Å². The van der Waals surface area contributed by atoms with Crippen molar-refractivity contribution >= 4 is 13.6 Å². The van der Waals surface area contributed by atoms with Crippen molar-refractivity contribution in [2.45, 2.75) is 6.92 Å². The van der Waals surface area contributed by atoms with Gasteiger partial charge < -0.3 is 4.74 Å². The van der Waals surface area contributed by atoms with Crippen molar-refractivity contribution in [2.24, 2.45) is 0 Å². The fourth-order valence-corrected chi connectivity index (χ4v) is 0.715. The van der Waals surface area contributed by atoms with E-state index in [1.54, 1.807) is 6.92 Å². The summed E-state index contributed by atoms with van der Waals surface area (Å²) in [5.74, 6) is -1.76. The van der Waals surface area contributed by atoms with Crippen LogP contribution in [0.4, 0.5) is 8.78 Å². The van der Waals surface area contributed by atoms with E-state index in [-0.39, 0.29) is 12.4 Å². The topological polar surface area (TPSA) is 9.23 Å². The van der Waals surface area contributed by atoms with Gasteiger partial charge in [0.05, 0.1) is 24.0 Å². The van der Waals surface area contributed by atoms with Crippen LogP contribution in [0.5, 0.6) is 5.75 Å². The molecule has 0 radical (unpaired) electrons. The standard InChI is InChI=1S/C8H7F2O.BrH.Zn/c1-2-11-8-6(9)4-3-5-7(8)10;;/h4-5H,2H2,1H3;1H;/q-1;;+2/p-1. The van der Waals surface area contributed by atoms with Gasteiger partial charge in [0.1, 0.15) is 0 Å². The fraction of sp³-hybridized carbons (Fsp3) is 0.250. The van der Waals surface area contributed by atoms with Gasteiger partial charge in [-0.3, -0.25) is 8.78 Å². The summed E-state index contributed by atoms with van der Waals surface area (Å²) in [7, 11) is 0. The number of rotatable bonds is 2. The molecule has 0 unspecified atom stereocenters. The van der Waals surface area contributed by atoms with Crippen LogP contribution in [0.25, 0.3) is 0 Å². The van der Waals surface area contributed by atoms with E-state index in [4.69, 9.17) is 4.74 Å². The predicted molar refractivity (Wildman–Crippen MR) is 45.3 cm³/mol. The van der Waals surface area contributed by atoms with Crippen LogP contribution in [-0.2, 0) is 16.3 Å². The Kier molecular flexibility index (Phi) is 7.38. The van der Waals surface area contributed by atoms with Gasteiger partial charge in [-0.15, -0.1) is 12.1 Å². The molecule has 0 atom stereocenters. The third-order valence-electron chi connectivity index (χ3n) is 1.14. The second-order valence-corrected chi connectivity index (χ2v) is 1.91. The molecule has 68 valence electrons. The van der Waals surface area contributed by atoms with E-state index < -0.39 is 11.6 Å². The summed E-state index contributed by atoms with van der Waals surface area (Å²) >= 11 is 4.25. The molecule has 0 bridgehead atoms. The first-order valence-electron chi connectivity index (χ1n) is 3.50. The Labute approximate surface area is 92.5 Å². The van der Waals surface area contributed by atoms with Crippen molar-refractivity contribution in [3.05, 3.63) is 29.8 Å². The minimum atomic E-state index is -0.716. The van der Waals surface area contributed by atoms with Gasteiger partial charge in [-0.25, -0.2) is 0 Å². The van der Waals surface area contributed by atoms with Crippen LogP contribution < -0.4 is 4.74 Å². The van der Waals surface area contributed by atoms with Gasteiger partial charge in [-0.05, 0) is 6.92 Å². The SMILES string of the molecule is CCOc1c(F)c[c-]cc1F.[Zn+][Br]. The monoisotopic (exact) mass is 300 g/mol. The molecule has 1 nitrogen and oxygen atoms in total. The molecule has 1 aromatic carbocycles. The molecule has 13 heavy (non-hydrogen) atoms. The molecular weight excluding hydrogens is 295 g/mol. The summed E-state index contributed by atoms with van der Waals surface area (Å²) in [5.41, 5.74) is 0. The third kappa shape index (κ3) is 4.14. The molecule has 0 aromatic heterocycles. The van der Waals surface area contributed by atoms with E-state index in [9.17, 15) is 8.78 Å². The molecule has 0 aliphatic rings. The molecule has 0 spiro atoms. The van der Waals surface area contributed by atoms with E-state index in [1.165, 1.54) is 16.3 Å². The molecule has 0 fully saturated rings. The van der Waals surface area contributed by atoms with Crippen molar-refractivity contribution in [2.75, 3.05) is 6.61 Å². The quantitative estimate of drug-likeness (QED) is 0.603. The Balaban J connectivity index is 0.000000671. The maximum atomic E-state index is 12.6. The molecule has 1 aromatic rings. The van der Waals surface area contributed by atoms with E-state index in [0.29, 0.717) is 0 Å². The van der Waals surface area contributed by atoms with Crippen LogP contribution in [0.1, 0.15) is 6.92 Å². The predicted octanol–water partition coefficient (Wildman–Crippen LogP) is 3.01. The molecule has 0 N–H and O–H groups in total. The minimum absolute atomic E-state index is 0.248. The van der Waals surface area contributed by atoms with Crippen molar-refractivity contribution in [1.82, 2.24) is 0 Å². The van der Waals surface area contributed by atoms with Crippen LogP contribution in [0, 0.1) is 17.7 Å². The average Bonchev–Trinajstić information content (AvgIpc) is 2.15. The molecular formula is C8H7BrF2OZn. The van der Waals surface area contributed by atoms with Gasteiger partial charge in [0.25, 0.3) is 0 Å². The zero-order valence-electron chi connectivity index (χ0n) is 7.11. The number of benzene rings is 1. The zero-order chi connectivity index (χ0) is 10.3. The second-order valence-electron chi connectivity index (χ2n) is 1.91. The number of hydrogen-bond acceptors (Lipinski definition) is 1. The third-order valence-corrected chi connectivity index (χ3v) is 1.14. The van der Waals surface area contributed by atoms with Crippen LogP contribution in [0.2, 0.25) is 0 Å². The van der Waals surface area contributed by atoms with Crippen molar-refractivity contribution < 1.29 is 29.9 Å². The number of ether oxygens (including phenoxy) is 1. The summed E-state index contributed by atoms with van der Waals surface area (Å²) in [6.07, 6.45) is 0. The first kappa shape index (κ1) is 13.0. The second kappa shape index (κ2) is 7.39. The van der Waals surface area contributed by atoms with Crippen LogP contribution >= 0.6 is 13.6 Å². The van der Waals surface area contributed by atoms with Crippen LogP contribution in [0.15, 0.2) is 12.1 Å². The molecule has 5 heteroatoms. The van der Waals surface area contributed by atoms with E-state index in [0.717, 1.165) is 12.1 Å². The molecule has 0 saturated carbocycles. The van der Waals surface area contributed by atoms with Gasteiger partial charge >= 0.3 is 30.0 Å². The van der Waals surface area contributed by atoms with E-state index in [2.05, 4.69) is 19.7 Å². The number of hydrogen-bond donors (Lipinski definition) is 0. The fourth-order valence-electron chi connectivity index (χ4n) is 0.715. The van der Waals surface area contributed by atoms with E-state index in [1.807, 2.05) is 0 Å².